The molecule has 0 bridgehead atoms. The zero-order valence-electron chi connectivity index (χ0n) is 11.6. The molecule has 20 heavy (non-hydrogen) atoms. The summed E-state index contributed by atoms with van der Waals surface area (Å²) in [5.74, 6) is -1.70. The lowest BCUT2D eigenvalue weighted by molar-refractivity contribution is 0.499. The Bertz CT molecular complexity index is 641. The Morgan fingerprint density at radius 1 is 1.05 bits per heavy atom. The van der Waals surface area contributed by atoms with Gasteiger partial charge in [0.2, 0.25) is 0 Å². The van der Waals surface area contributed by atoms with Crippen molar-refractivity contribution in [1.82, 2.24) is 5.32 Å². The minimum Gasteiger partial charge on any atom is -0.309 e. The largest absolute Gasteiger partial charge is 0.309 e. The predicted octanol–water partition coefficient (Wildman–Crippen LogP) is 4.65. The molecule has 0 aliphatic rings. The molecule has 2 aromatic carbocycles. The molecule has 0 spiro atoms. The molecule has 0 aliphatic carbocycles. The zero-order chi connectivity index (χ0) is 14.9. The molecule has 0 radical (unpaired) electrons. The quantitative estimate of drug-likeness (QED) is 0.802. The van der Waals surface area contributed by atoms with Crippen LogP contribution in [0.3, 0.4) is 0 Å². The summed E-state index contributed by atoms with van der Waals surface area (Å²) >= 11 is 3.16. The van der Waals surface area contributed by atoms with Crippen LogP contribution in [0, 0.1) is 25.5 Å². The fourth-order valence-electron chi connectivity index (χ4n) is 2.31. The van der Waals surface area contributed by atoms with E-state index in [1.54, 1.807) is 13.1 Å². The zero-order valence-corrected chi connectivity index (χ0v) is 13.2. The molecule has 0 aromatic heterocycles. The first-order valence-electron chi connectivity index (χ1n) is 6.33. The molecule has 2 aromatic rings. The maximum Gasteiger partial charge on any atom is 0.173 e. The highest BCUT2D eigenvalue weighted by atomic mass is 79.9. The third kappa shape index (κ3) is 2.76. The first-order valence-corrected chi connectivity index (χ1v) is 7.12. The monoisotopic (exact) mass is 339 g/mol. The Kier molecular flexibility index (Phi) is 4.55. The van der Waals surface area contributed by atoms with Gasteiger partial charge in [-0.2, -0.15) is 0 Å². The molecule has 0 fully saturated rings. The van der Waals surface area contributed by atoms with Crippen molar-refractivity contribution in [1.29, 1.82) is 0 Å². The van der Waals surface area contributed by atoms with Crippen LogP contribution in [0.1, 0.15) is 28.3 Å². The number of hydrogen-bond donors (Lipinski definition) is 1. The third-order valence-electron chi connectivity index (χ3n) is 3.41. The lowest BCUT2D eigenvalue weighted by atomic mass is 9.93. The Morgan fingerprint density at radius 2 is 1.75 bits per heavy atom. The highest BCUT2D eigenvalue weighted by molar-refractivity contribution is 9.10. The number of halogens is 3. The molecule has 1 unspecified atom stereocenters. The Balaban J connectivity index is 2.58. The van der Waals surface area contributed by atoms with Crippen LogP contribution in [0.25, 0.3) is 0 Å². The van der Waals surface area contributed by atoms with Crippen LogP contribution < -0.4 is 5.32 Å². The van der Waals surface area contributed by atoms with Gasteiger partial charge in [0.15, 0.2) is 11.6 Å². The molecule has 0 aliphatic heterocycles. The van der Waals surface area contributed by atoms with Crippen molar-refractivity contribution >= 4 is 15.9 Å². The van der Waals surface area contributed by atoms with Gasteiger partial charge in [0, 0.05) is 0 Å². The van der Waals surface area contributed by atoms with Gasteiger partial charge in [0.25, 0.3) is 0 Å². The lowest BCUT2D eigenvalue weighted by Crippen LogP contribution is -2.20. The number of benzene rings is 2. The molecule has 0 amide bonds. The fourth-order valence-corrected chi connectivity index (χ4v) is 2.86. The Morgan fingerprint density at radius 3 is 2.40 bits per heavy atom. The van der Waals surface area contributed by atoms with Gasteiger partial charge in [-0.05, 0) is 59.6 Å². The average molecular weight is 340 g/mol. The van der Waals surface area contributed by atoms with E-state index < -0.39 is 11.6 Å². The summed E-state index contributed by atoms with van der Waals surface area (Å²) in [5.41, 5.74) is 3.97. The second kappa shape index (κ2) is 6.02. The molecule has 106 valence electrons. The van der Waals surface area contributed by atoms with Gasteiger partial charge in [-0.25, -0.2) is 8.78 Å². The Labute approximate surface area is 126 Å². The summed E-state index contributed by atoms with van der Waals surface area (Å²) in [6.07, 6.45) is 0. The van der Waals surface area contributed by atoms with Crippen LogP contribution in [-0.2, 0) is 0 Å². The number of rotatable bonds is 3. The highest BCUT2D eigenvalue weighted by Crippen LogP contribution is 2.33. The first kappa shape index (κ1) is 15.1. The van der Waals surface area contributed by atoms with Crippen molar-refractivity contribution in [2.45, 2.75) is 19.9 Å². The predicted molar refractivity (Wildman–Crippen MR) is 80.9 cm³/mol. The van der Waals surface area contributed by atoms with Crippen molar-refractivity contribution in [3.63, 3.8) is 0 Å². The second-order valence-electron chi connectivity index (χ2n) is 4.85. The van der Waals surface area contributed by atoms with E-state index in [2.05, 4.69) is 27.3 Å². The maximum atomic E-state index is 13.7. The summed E-state index contributed by atoms with van der Waals surface area (Å²) in [5, 5.41) is 3.17. The van der Waals surface area contributed by atoms with Crippen LogP contribution >= 0.6 is 15.9 Å². The average Bonchev–Trinajstić information content (AvgIpc) is 2.43. The minimum atomic E-state index is -0.854. The topological polar surface area (TPSA) is 12.0 Å². The van der Waals surface area contributed by atoms with Crippen molar-refractivity contribution in [2.24, 2.45) is 0 Å². The maximum absolute atomic E-state index is 13.7. The van der Waals surface area contributed by atoms with Gasteiger partial charge >= 0.3 is 0 Å². The lowest BCUT2D eigenvalue weighted by Gasteiger charge is -2.21. The van der Waals surface area contributed by atoms with Crippen molar-refractivity contribution in [3.8, 4) is 0 Å². The SMILES string of the molecule is CNC(c1cc(C)ccc1C)c1ccc(F)c(F)c1Br. The molecule has 1 atom stereocenters. The van der Waals surface area contributed by atoms with E-state index in [9.17, 15) is 8.78 Å². The van der Waals surface area contributed by atoms with E-state index in [-0.39, 0.29) is 10.5 Å². The standard InChI is InChI=1S/C16H16BrF2N/c1-9-4-5-10(2)12(8-9)16(20-3)11-6-7-13(18)15(19)14(11)17/h4-8,16,20H,1-3H3. The second-order valence-corrected chi connectivity index (χ2v) is 5.64. The van der Waals surface area contributed by atoms with Crippen LogP contribution in [0.2, 0.25) is 0 Å². The fraction of sp³-hybridized carbons (Fsp3) is 0.250. The minimum absolute atomic E-state index is 0.165. The first-order chi connectivity index (χ1) is 9.45. The van der Waals surface area contributed by atoms with Gasteiger partial charge in [0.05, 0.1) is 10.5 Å². The summed E-state index contributed by atoms with van der Waals surface area (Å²) in [6.45, 7) is 4.02. The van der Waals surface area contributed by atoms with Crippen LogP contribution in [-0.4, -0.2) is 7.05 Å². The van der Waals surface area contributed by atoms with Crippen molar-refractivity contribution in [3.05, 3.63) is 68.7 Å². The highest BCUT2D eigenvalue weighted by Gasteiger charge is 2.20. The van der Waals surface area contributed by atoms with Crippen molar-refractivity contribution in [2.75, 3.05) is 7.05 Å². The van der Waals surface area contributed by atoms with Gasteiger partial charge in [-0.15, -0.1) is 0 Å². The van der Waals surface area contributed by atoms with Gasteiger partial charge < -0.3 is 5.32 Å². The summed E-state index contributed by atoms with van der Waals surface area (Å²) < 4.78 is 27.1. The van der Waals surface area contributed by atoms with Crippen LogP contribution in [0.15, 0.2) is 34.8 Å². The van der Waals surface area contributed by atoms with E-state index >= 15 is 0 Å². The number of aryl methyl sites for hydroxylation is 2. The molecular formula is C16H16BrF2N. The summed E-state index contributed by atoms with van der Waals surface area (Å²) in [4.78, 5) is 0. The molecule has 0 heterocycles. The molecular weight excluding hydrogens is 324 g/mol. The third-order valence-corrected chi connectivity index (χ3v) is 4.22. The summed E-state index contributed by atoms with van der Waals surface area (Å²) in [7, 11) is 1.81. The molecule has 1 nitrogen and oxygen atoms in total. The van der Waals surface area contributed by atoms with Gasteiger partial charge in [0.1, 0.15) is 0 Å². The van der Waals surface area contributed by atoms with E-state index in [1.165, 1.54) is 0 Å². The Hall–Kier alpha value is -1.26. The molecule has 1 N–H and O–H groups in total. The van der Waals surface area contributed by atoms with E-state index in [4.69, 9.17) is 0 Å². The van der Waals surface area contributed by atoms with E-state index in [0.29, 0.717) is 5.56 Å². The molecule has 2 rings (SSSR count). The normalized spacial score (nSPS) is 12.5. The number of hydrogen-bond acceptors (Lipinski definition) is 1. The van der Waals surface area contributed by atoms with Gasteiger partial charge in [-0.1, -0.05) is 29.8 Å². The van der Waals surface area contributed by atoms with E-state index in [0.717, 1.165) is 22.8 Å². The van der Waals surface area contributed by atoms with Crippen LogP contribution in [0.4, 0.5) is 8.78 Å². The smallest absolute Gasteiger partial charge is 0.173 e. The van der Waals surface area contributed by atoms with E-state index in [1.807, 2.05) is 26.0 Å². The van der Waals surface area contributed by atoms with Gasteiger partial charge in [-0.3, -0.25) is 0 Å². The molecule has 4 heteroatoms. The van der Waals surface area contributed by atoms with Crippen molar-refractivity contribution < 1.29 is 8.78 Å². The molecule has 0 saturated heterocycles. The summed E-state index contributed by atoms with van der Waals surface area (Å²) in [6, 6.07) is 8.69. The van der Waals surface area contributed by atoms with Crippen LogP contribution in [0.5, 0.6) is 0 Å². The number of nitrogens with one attached hydrogen (secondary N) is 1. The molecule has 0 saturated carbocycles.